The molecule has 2 aliphatic rings. The SMILES string of the molecule is NC1CC[C@H]2CCC[C@@H]12. The van der Waals surface area contributed by atoms with Gasteiger partial charge in [-0.25, -0.2) is 0 Å². The van der Waals surface area contributed by atoms with Crippen LogP contribution in [0.5, 0.6) is 0 Å². The highest BCUT2D eigenvalue weighted by molar-refractivity contribution is 4.91. The second-order valence-corrected chi connectivity index (χ2v) is 3.60. The van der Waals surface area contributed by atoms with Gasteiger partial charge < -0.3 is 5.73 Å². The highest BCUT2D eigenvalue weighted by Crippen LogP contribution is 2.42. The fourth-order valence-corrected chi connectivity index (χ4v) is 2.61. The summed E-state index contributed by atoms with van der Waals surface area (Å²) >= 11 is 0. The molecule has 0 heterocycles. The molecule has 52 valence electrons. The largest absolute Gasteiger partial charge is 0.327 e. The standard InChI is InChI=1S/C8H15N/c9-8-5-4-6-2-1-3-7(6)8/h6-8H,1-5,9H2/t6-,7-,8?/m1/s1. The molecule has 0 aromatic rings. The molecule has 0 saturated heterocycles. The van der Waals surface area contributed by atoms with E-state index in [2.05, 4.69) is 0 Å². The van der Waals surface area contributed by atoms with Crippen molar-refractivity contribution >= 4 is 0 Å². The number of nitrogens with two attached hydrogens (primary N) is 1. The van der Waals surface area contributed by atoms with Crippen molar-refractivity contribution in [2.75, 3.05) is 0 Å². The Kier molecular flexibility index (Phi) is 1.26. The van der Waals surface area contributed by atoms with Crippen LogP contribution in [0.15, 0.2) is 0 Å². The van der Waals surface area contributed by atoms with Crippen molar-refractivity contribution < 1.29 is 0 Å². The summed E-state index contributed by atoms with van der Waals surface area (Å²) in [6.07, 6.45) is 7.06. The Morgan fingerprint density at radius 3 is 2.67 bits per heavy atom. The predicted molar refractivity (Wildman–Crippen MR) is 38.0 cm³/mol. The molecule has 0 amide bonds. The van der Waals surface area contributed by atoms with E-state index in [1.807, 2.05) is 0 Å². The van der Waals surface area contributed by atoms with Gasteiger partial charge in [-0.3, -0.25) is 0 Å². The Balaban J connectivity index is 2.07. The molecule has 2 aliphatic carbocycles. The van der Waals surface area contributed by atoms with E-state index in [1.54, 1.807) is 0 Å². The lowest BCUT2D eigenvalue weighted by atomic mass is 9.98. The zero-order valence-corrected chi connectivity index (χ0v) is 5.84. The third-order valence-electron chi connectivity index (χ3n) is 3.14. The molecule has 0 aromatic carbocycles. The Hall–Kier alpha value is -0.0400. The van der Waals surface area contributed by atoms with E-state index in [0.29, 0.717) is 6.04 Å². The second kappa shape index (κ2) is 1.98. The van der Waals surface area contributed by atoms with E-state index in [4.69, 9.17) is 5.73 Å². The molecule has 2 saturated carbocycles. The summed E-state index contributed by atoms with van der Waals surface area (Å²) in [6.45, 7) is 0. The molecular weight excluding hydrogens is 110 g/mol. The minimum atomic E-state index is 0.567. The average Bonchev–Trinajstić information content (AvgIpc) is 2.35. The molecule has 2 N–H and O–H groups in total. The van der Waals surface area contributed by atoms with Crippen molar-refractivity contribution in [1.29, 1.82) is 0 Å². The van der Waals surface area contributed by atoms with E-state index in [0.717, 1.165) is 11.8 Å². The van der Waals surface area contributed by atoms with Crippen LogP contribution in [0, 0.1) is 11.8 Å². The van der Waals surface area contributed by atoms with Crippen molar-refractivity contribution in [2.24, 2.45) is 17.6 Å². The Labute approximate surface area is 56.6 Å². The molecule has 0 aliphatic heterocycles. The zero-order chi connectivity index (χ0) is 6.27. The van der Waals surface area contributed by atoms with Gasteiger partial charge in [0.1, 0.15) is 0 Å². The number of fused-ring (bicyclic) bond motifs is 1. The molecule has 0 bridgehead atoms. The highest BCUT2D eigenvalue weighted by atomic mass is 14.7. The zero-order valence-electron chi connectivity index (χ0n) is 5.84. The van der Waals surface area contributed by atoms with Crippen LogP contribution in [-0.2, 0) is 0 Å². The first kappa shape index (κ1) is 5.72. The molecule has 1 unspecified atom stereocenters. The van der Waals surface area contributed by atoms with Gasteiger partial charge in [0, 0.05) is 6.04 Å². The summed E-state index contributed by atoms with van der Waals surface area (Å²) in [7, 11) is 0. The molecule has 2 rings (SSSR count). The average molecular weight is 125 g/mol. The van der Waals surface area contributed by atoms with E-state index >= 15 is 0 Å². The van der Waals surface area contributed by atoms with Crippen LogP contribution >= 0.6 is 0 Å². The summed E-state index contributed by atoms with van der Waals surface area (Å²) in [5.41, 5.74) is 5.92. The van der Waals surface area contributed by atoms with Gasteiger partial charge in [-0.15, -0.1) is 0 Å². The van der Waals surface area contributed by atoms with Gasteiger partial charge in [-0.2, -0.15) is 0 Å². The second-order valence-electron chi connectivity index (χ2n) is 3.60. The van der Waals surface area contributed by atoms with Gasteiger partial charge in [0.2, 0.25) is 0 Å². The fraction of sp³-hybridized carbons (Fsp3) is 1.00. The summed E-state index contributed by atoms with van der Waals surface area (Å²) in [5.74, 6) is 1.95. The first-order chi connectivity index (χ1) is 4.38. The van der Waals surface area contributed by atoms with Gasteiger partial charge >= 0.3 is 0 Å². The minimum Gasteiger partial charge on any atom is -0.327 e. The van der Waals surface area contributed by atoms with Crippen LogP contribution in [-0.4, -0.2) is 6.04 Å². The number of rotatable bonds is 0. The molecule has 1 heteroatoms. The van der Waals surface area contributed by atoms with E-state index in [9.17, 15) is 0 Å². The van der Waals surface area contributed by atoms with Crippen LogP contribution in [0.25, 0.3) is 0 Å². The highest BCUT2D eigenvalue weighted by Gasteiger charge is 2.36. The summed E-state index contributed by atoms with van der Waals surface area (Å²) in [5, 5.41) is 0. The van der Waals surface area contributed by atoms with Crippen molar-refractivity contribution in [1.82, 2.24) is 0 Å². The minimum absolute atomic E-state index is 0.567. The Bertz CT molecular complexity index is 111. The number of hydrogen-bond acceptors (Lipinski definition) is 1. The fourth-order valence-electron chi connectivity index (χ4n) is 2.61. The molecule has 0 spiro atoms. The lowest BCUT2D eigenvalue weighted by molar-refractivity contribution is 0.421. The topological polar surface area (TPSA) is 26.0 Å². The Morgan fingerprint density at radius 2 is 1.89 bits per heavy atom. The quantitative estimate of drug-likeness (QED) is 0.522. The normalized spacial score (nSPS) is 49.7. The Morgan fingerprint density at radius 1 is 1.00 bits per heavy atom. The molecule has 0 aromatic heterocycles. The smallest absolute Gasteiger partial charge is 0.00699 e. The van der Waals surface area contributed by atoms with Crippen molar-refractivity contribution in [3.63, 3.8) is 0 Å². The summed E-state index contributed by atoms with van der Waals surface area (Å²) < 4.78 is 0. The third-order valence-corrected chi connectivity index (χ3v) is 3.14. The lowest BCUT2D eigenvalue weighted by Crippen LogP contribution is -2.24. The maximum atomic E-state index is 5.92. The molecule has 1 nitrogen and oxygen atoms in total. The van der Waals surface area contributed by atoms with Gasteiger partial charge in [0.15, 0.2) is 0 Å². The maximum Gasteiger partial charge on any atom is 0.00699 e. The van der Waals surface area contributed by atoms with Crippen LogP contribution in [0.1, 0.15) is 32.1 Å². The van der Waals surface area contributed by atoms with Crippen LogP contribution in [0.3, 0.4) is 0 Å². The van der Waals surface area contributed by atoms with Crippen LogP contribution in [0.4, 0.5) is 0 Å². The molecular formula is C8H15N. The lowest BCUT2D eigenvalue weighted by Gasteiger charge is -2.11. The van der Waals surface area contributed by atoms with E-state index in [-0.39, 0.29) is 0 Å². The van der Waals surface area contributed by atoms with E-state index < -0.39 is 0 Å². The summed E-state index contributed by atoms with van der Waals surface area (Å²) in [4.78, 5) is 0. The van der Waals surface area contributed by atoms with Crippen molar-refractivity contribution in [3.05, 3.63) is 0 Å². The molecule has 0 radical (unpaired) electrons. The van der Waals surface area contributed by atoms with Gasteiger partial charge in [-0.05, 0) is 31.1 Å². The molecule has 9 heavy (non-hydrogen) atoms. The van der Waals surface area contributed by atoms with Crippen molar-refractivity contribution in [2.45, 2.75) is 38.1 Å². The van der Waals surface area contributed by atoms with Crippen LogP contribution in [0.2, 0.25) is 0 Å². The monoisotopic (exact) mass is 125 g/mol. The number of hydrogen-bond donors (Lipinski definition) is 1. The first-order valence-electron chi connectivity index (χ1n) is 4.13. The van der Waals surface area contributed by atoms with Gasteiger partial charge in [0.25, 0.3) is 0 Å². The maximum absolute atomic E-state index is 5.92. The van der Waals surface area contributed by atoms with E-state index in [1.165, 1.54) is 32.1 Å². The third kappa shape index (κ3) is 0.787. The first-order valence-corrected chi connectivity index (χ1v) is 4.13. The van der Waals surface area contributed by atoms with Gasteiger partial charge in [0.05, 0.1) is 0 Å². The van der Waals surface area contributed by atoms with Crippen LogP contribution < -0.4 is 5.73 Å². The van der Waals surface area contributed by atoms with Crippen molar-refractivity contribution in [3.8, 4) is 0 Å². The molecule has 2 fully saturated rings. The summed E-state index contributed by atoms with van der Waals surface area (Å²) in [6, 6.07) is 0.567. The van der Waals surface area contributed by atoms with Gasteiger partial charge in [-0.1, -0.05) is 12.8 Å². The predicted octanol–water partition coefficient (Wildman–Crippen LogP) is 1.52. The molecule has 3 atom stereocenters.